The second kappa shape index (κ2) is 9.57. The molecule has 0 unspecified atom stereocenters. The van der Waals surface area contributed by atoms with Crippen molar-refractivity contribution in [2.75, 3.05) is 19.7 Å². The zero-order valence-electron chi connectivity index (χ0n) is 15.3. The number of esters is 1. The summed E-state index contributed by atoms with van der Waals surface area (Å²) in [4.78, 5) is 37.3. The van der Waals surface area contributed by atoms with Gasteiger partial charge in [-0.05, 0) is 31.5 Å². The van der Waals surface area contributed by atoms with Gasteiger partial charge in [0.1, 0.15) is 0 Å². The lowest BCUT2D eigenvalue weighted by Crippen LogP contribution is -2.49. The smallest absolute Gasteiger partial charge is 0.312 e. The molecule has 0 saturated carbocycles. The fourth-order valence-electron chi connectivity index (χ4n) is 2.96. The van der Waals surface area contributed by atoms with Crippen LogP contribution in [-0.2, 0) is 19.1 Å². The Balaban J connectivity index is 1.90. The Hall–Kier alpha value is -2.32. The predicted molar refractivity (Wildman–Crippen MR) is 99.1 cm³/mol. The quantitative estimate of drug-likeness (QED) is 0.708. The summed E-state index contributed by atoms with van der Waals surface area (Å²) in [7, 11) is 0. The molecule has 3 amide bonds. The molecule has 0 radical (unpaired) electrons. The van der Waals surface area contributed by atoms with Crippen molar-refractivity contribution < 1.29 is 23.9 Å². The fraction of sp³-hybridized carbons (Fsp3) is 0.500. The number of amides is 3. The van der Waals surface area contributed by atoms with Gasteiger partial charge in [0.15, 0.2) is 6.61 Å². The fourth-order valence-corrected chi connectivity index (χ4v) is 3.09. The highest BCUT2D eigenvalue weighted by Crippen LogP contribution is 2.20. The first-order chi connectivity index (χ1) is 12.7. The average molecular weight is 398 g/mol. The molecule has 9 heteroatoms. The van der Waals surface area contributed by atoms with Gasteiger partial charge >= 0.3 is 12.0 Å². The first-order valence-corrected chi connectivity index (χ1v) is 9.02. The minimum Gasteiger partial charge on any atom is -0.455 e. The maximum atomic E-state index is 12.3. The van der Waals surface area contributed by atoms with E-state index in [-0.39, 0.29) is 31.1 Å². The standard InChI is InChI=1S/C18H24ClN3O5/c1-11-8-22(9-12(2)27-11)16(23)10-26-17(24)7-15(21-18(20)25)13-3-5-14(19)6-4-13/h3-6,11-12,15H,7-10H2,1-2H3,(H3,20,21,25)/t11-,12-,15+/m1/s1. The Bertz CT molecular complexity index is 672. The monoisotopic (exact) mass is 397 g/mol. The molecule has 1 aromatic carbocycles. The minimum atomic E-state index is -0.768. The largest absolute Gasteiger partial charge is 0.455 e. The lowest BCUT2D eigenvalue weighted by molar-refractivity contribution is -0.157. The number of halogens is 1. The highest BCUT2D eigenvalue weighted by Gasteiger charge is 2.27. The summed E-state index contributed by atoms with van der Waals surface area (Å²) in [6, 6.07) is 5.20. The SMILES string of the molecule is C[C@@H]1CN(C(=O)COC(=O)C[C@H](NC(N)=O)c2ccc(Cl)cc2)C[C@@H](C)O1. The Morgan fingerprint density at radius 2 is 1.85 bits per heavy atom. The van der Waals surface area contributed by atoms with E-state index < -0.39 is 18.0 Å². The second-order valence-electron chi connectivity index (χ2n) is 6.53. The van der Waals surface area contributed by atoms with E-state index >= 15 is 0 Å². The van der Waals surface area contributed by atoms with Crippen LogP contribution in [0.5, 0.6) is 0 Å². The third-order valence-corrected chi connectivity index (χ3v) is 4.34. The molecule has 1 aromatic rings. The molecule has 1 aliphatic rings. The van der Waals surface area contributed by atoms with Crippen LogP contribution in [0.4, 0.5) is 4.79 Å². The number of carbonyl (C=O) groups is 3. The number of hydrogen-bond donors (Lipinski definition) is 2. The number of nitrogens with two attached hydrogens (primary N) is 1. The van der Waals surface area contributed by atoms with Gasteiger partial charge < -0.3 is 25.4 Å². The summed E-state index contributed by atoms with van der Waals surface area (Å²) < 4.78 is 10.7. The maximum Gasteiger partial charge on any atom is 0.312 e. The Morgan fingerprint density at radius 3 is 2.41 bits per heavy atom. The molecule has 148 valence electrons. The lowest BCUT2D eigenvalue weighted by Gasteiger charge is -2.35. The lowest BCUT2D eigenvalue weighted by atomic mass is 10.0. The molecule has 2 rings (SSSR count). The number of carbonyl (C=O) groups excluding carboxylic acids is 3. The number of hydrogen-bond acceptors (Lipinski definition) is 5. The number of ether oxygens (including phenoxy) is 2. The summed E-state index contributed by atoms with van der Waals surface area (Å²) in [6.45, 7) is 4.32. The molecule has 1 aliphatic heterocycles. The summed E-state index contributed by atoms with van der Waals surface area (Å²) in [6.07, 6.45) is -0.293. The summed E-state index contributed by atoms with van der Waals surface area (Å²) in [5.41, 5.74) is 5.83. The van der Waals surface area contributed by atoms with Crippen LogP contribution < -0.4 is 11.1 Å². The molecular weight excluding hydrogens is 374 g/mol. The normalized spacial score (nSPS) is 20.6. The van der Waals surface area contributed by atoms with Crippen molar-refractivity contribution in [3.63, 3.8) is 0 Å². The van der Waals surface area contributed by atoms with Gasteiger partial charge in [-0.3, -0.25) is 9.59 Å². The molecule has 27 heavy (non-hydrogen) atoms. The highest BCUT2D eigenvalue weighted by molar-refractivity contribution is 6.30. The van der Waals surface area contributed by atoms with Crippen LogP contribution in [-0.4, -0.2) is 54.7 Å². The third-order valence-electron chi connectivity index (χ3n) is 4.09. The molecule has 1 fully saturated rings. The molecular formula is C18H24ClN3O5. The van der Waals surface area contributed by atoms with E-state index in [1.165, 1.54) is 0 Å². The van der Waals surface area contributed by atoms with E-state index in [0.717, 1.165) is 0 Å². The molecule has 8 nitrogen and oxygen atoms in total. The number of benzene rings is 1. The van der Waals surface area contributed by atoms with Crippen LogP contribution in [0.1, 0.15) is 31.9 Å². The van der Waals surface area contributed by atoms with Crippen molar-refractivity contribution in [2.24, 2.45) is 5.73 Å². The average Bonchev–Trinajstić information content (AvgIpc) is 2.58. The van der Waals surface area contributed by atoms with Gasteiger partial charge in [-0.1, -0.05) is 23.7 Å². The van der Waals surface area contributed by atoms with Gasteiger partial charge in [-0.25, -0.2) is 4.79 Å². The third kappa shape index (κ3) is 6.73. The van der Waals surface area contributed by atoms with Gasteiger partial charge in [0, 0.05) is 18.1 Å². The topological polar surface area (TPSA) is 111 Å². The molecule has 1 heterocycles. The number of primary amides is 1. The van der Waals surface area contributed by atoms with E-state index in [9.17, 15) is 14.4 Å². The van der Waals surface area contributed by atoms with Crippen LogP contribution in [0.15, 0.2) is 24.3 Å². The molecule has 3 N–H and O–H groups in total. The molecule has 1 saturated heterocycles. The van der Waals surface area contributed by atoms with Crippen molar-refractivity contribution in [1.82, 2.24) is 10.2 Å². The first kappa shape index (κ1) is 21.0. The minimum absolute atomic E-state index is 0.0672. The van der Waals surface area contributed by atoms with E-state index in [1.807, 2.05) is 13.8 Å². The van der Waals surface area contributed by atoms with Gasteiger partial charge in [-0.2, -0.15) is 0 Å². The zero-order valence-corrected chi connectivity index (χ0v) is 16.1. The van der Waals surface area contributed by atoms with Crippen molar-refractivity contribution in [1.29, 1.82) is 0 Å². The van der Waals surface area contributed by atoms with E-state index in [1.54, 1.807) is 29.2 Å². The summed E-state index contributed by atoms with van der Waals surface area (Å²) >= 11 is 5.85. The van der Waals surface area contributed by atoms with Crippen LogP contribution in [0.3, 0.4) is 0 Å². The maximum absolute atomic E-state index is 12.3. The molecule has 0 spiro atoms. The van der Waals surface area contributed by atoms with E-state index in [4.69, 9.17) is 26.8 Å². The van der Waals surface area contributed by atoms with Crippen LogP contribution >= 0.6 is 11.6 Å². The Morgan fingerprint density at radius 1 is 1.26 bits per heavy atom. The number of urea groups is 1. The zero-order chi connectivity index (χ0) is 20.0. The van der Waals surface area contributed by atoms with Crippen LogP contribution in [0.2, 0.25) is 5.02 Å². The summed E-state index contributed by atoms with van der Waals surface area (Å²) in [5, 5.41) is 3.02. The predicted octanol–water partition coefficient (Wildman–Crippen LogP) is 1.62. The Kier molecular flexibility index (Phi) is 7.44. The van der Waals surface area contributed by atoms with Gasteiger partial charge in [0.2, 0.25) is 0 Å². The van der Waals surface area contributed by atoms with Crippen molar-refractivity contribution in [3.05, 3.63) is 34.9 Å². The van der Waals surface area contributed by atoms with Crippen molar-refractivity contribution in [2.45, 2.75) is 38.5 Å². The number of morpholine rings is 1. The van der Waals surface area contributed by atoms with E-state index in [0.29, 0.717) is 23.7 Å². The molecule has 0 aromatic heterocycles. The second-order valence-corrected chi connectivity index (χ2v) is 6.97. The molecule has 3 atom stereocenters. The van der Waals surface area contributed by atoms with Gasteiger partial charge in [0.25, 0.3) is 5.91 Å². The van der Waals surface area contributed by atoms with E-state index in [2.05, 4.69) is 5.32 Å². The number of rotatable bonds is 6. The van der Waals surface area contributed by atoms with Gasteiger partial charge in [-0.15, -0.1) is 0 Å². The van der Waals surface area contributed by atoms with Crippen LogP contribution in [0.25, 0.3) is 0 Å². The summed E-state index contributed by atoms with van der Waals surface area (Å²) in [5.74, 6) is -0.900. The first-order valence-electron chi connectivity index (χ1n) is 8.65. The number of nitrogens with one attached hydrogen (secondary N) is 1. The number of nitrogens with zero attached hydrogens (tertiary/aromatic N) is 1. The van der Waals surface area contributed by atoms with Crippen LogP contribution in [0, 0.1) is 0 Å². The van der Waals surface area contributed by atoms with Crippen molar-refractivity contribution >= 4 is 29.5 Å². The molecule has 0 aliphatic carbocycles. The van der Waals surface area contributed by atoms with Crippen molar-refractivity contribution in [3.8, 4) is 0 Å². The Labute approximate surface area is 162 Å². The highest BCUT2D eigenvalue weighted by atomic mass is 35.5. The van der Waals surface area contributed by atoms with Gasteiger partial charge in [0.05, 0.1) is 24.7 Å². The molecule has 0 bridgehead atoms.